The third-order valence-corrected chi connectivity index (χ3v) is 2.61. The maximum Gasteiger partial charge on any atom is 0.354 e. The van der Waals surface area contributed by atoms with Gasteiger partial charge < -0.3 is 10.4 Å². The quantitative estimate of drug-likeness (QED) is 0.882. The number of carboxylic acids is 1. The molecule has 104 valence electrons. The van der Waals surface area contributed by atoms with Crippen LogP contribution in [-0.4, -0.2) is 22.6 Å². The molecule has 0 radical (unpaired) electrons. The van der Waals surface area contributed by atoms with Gasteiger partial charge in [0.15, 0.2) is 5.69 Å². The van der Waals surface area contributed by atoms with E-state index < -0.39 is 17.6 Å². The number of hydrogen-bond donors (Lipinski definition) is 2. The molecule has 0 fully saturated rings. The highest BCUT2D eigenvalue weighted by molar-refractivity contribution is 5.85. The fourth-order valence-electron chi connectivity index (χ4n) is 1.74. The molecular weight excluding hydrogens is 266 g/mol. The van der Waals surface area contributed by atoms with E-state index >= 15 is 0 Å². The van der Waals surface area contributed by atoms with Crippen molar-refractivity contribution in [2.24, 2.45) is 0 Å². The van der Waals surface area contributed by atoms with Gasteiger partial charge in [0.25, 0.3) is 0 Å². The highest BCUT2D eigenvalue weighted by Crippen LogP contribution is 2.10. The number of benzene rings is 1. The molecule has 1 aromatic carbocycles. The molecule has 1 aromatic heterocycles. The predicted molar refractivity (Wildman–Crippen MR) is 69.7 cm³/mol. The standard InChI is InChI=1S/C14H12F2N2O2/c15-10-6-9(7-11(16)8-10)4-5-17-13-3-1-2-12(18-13)14(19)20/h1-3,6-8H,4-5H2,(H,17,18)(H,19,20). The van der Waals surface area contributed by atoms with Crippen molar-refractivity contribution < 1.29 is 18.7 Å². The zero-order valence-corrected chi connectivity index (χ0v) is 10.4. The van der Waals surface area contributed by atoms with Crippen molar-refractivity contribution in [2.45, 2.75) is 6.42 Å². The Morgan fingerprint density at radius 1 is 1.20 bits per heavy atom. The van der Waals surface area contributed by atoms with E-state index in [4.69, 9.17) is 5.11 Å². The van der Waals surface area contributed by atoms with Crippen molar-refractivity contribution in [1.29, 1.82) is 0 Å². The lowest BCUT2D eigenvalue weighted by molar-refractivity contribution is 0.0690. The number of aromatic carboxylic acids is 1. The van der Waals surface area contributed by atoms with Crippen LogP contribution in [0.5, 0.6) is 0 Å². The molecule has 2 aromatic rings. The molecule has 0 aliphatic carbocycles. The monoisotopic (exact) mass is 278 g/mol. The van der Waals surface area contributed by atoms with Gasteiger partial charge in [-0.3, -0.25) is 0 Å². The highest BCUT2D eigenvalue weighted by atomic mass is 19.1. The van der Waals surface area contributed by atoms with E-state index in [1.165, 1.54) is 18.2 Å². The first-order valence-corrected chi connectivity index (χ1v) is 5.94. The van der Waals surface area contributed by atoms with E-state index in [1.807, 2.05) is 0 Å². The van der Waals surface area contributed by atoms with Crippen LogP contribution in [0.4, 0.5) is 14.6 Å². The lowest BCUT2D eigenvalue weighted by Crippen LogP contribution is -2.09. The molecular formula is C14H12F2N2O2. The lowest BCUT2D eigenvalue weighted by Gasteiger charge is -2.06. The number of carbonyl (C=O) groups is 1. The van der Waals surface area contributed by atoms with Gasteiger partial charge >= 0.3 is 5.97 Å². The van der Waals surface area contributed by atoms with Crippen molar-refractivity contribution in [1.82, 2.24) is 4.98 Å². The first-order chi connectivity index (χ1) is 9.54. The van der Waals surface area contributed by atoms with Crippen molar-refractivity contribution in [3.05, 3.63) is 59.3 Å². The Labute approximate surface area is 114 Å². The Kier molecular flexibility index (Phi) is 4.24. The molecule has 1 heterocycles. The highest BCUT2D eigenvalue weighted by Gasteiger charge is 2.05. The molecule has 0 aliphatic rings. The minimum absolute atomic E-state index is 0.0631. The third-order valence-electron chi connectivity index (χ3n) is 2.61. The number of rotatable bonds is 5. The van der Waals surface area contributed by atoms with Crippen LogP contribution in [0.25, 0.3) is 0 Å². The van der Waals surface area contributed by atoms with Crippen LogP contribution in [0.3, 0.4) is 0 Å². The van der Waals surface area contributed by atoms with Crippen molar-refractivity contribution in [3.8, 4) is 0 Å². The van der Waals surface area contributed by atoms with E-state index in [2.05, 4.69) is 10.3 Å². The summed E-state index contributed by atoms with van der Waals surface area (Å²) in [4.78, 5) is 14.6. The Hall–Kier alpha value is -2.50. The first-order valence-electron chi connectivity index (χ1n) is 5.94. The van der Waals surface area contributed by atoms with Gasteiger partial charge in [0.05, 0.1) is 0 Å². The summed E-state index contributed by atoms with van der Waals surface area (Å²) in [5, 5.41) is 11.7. The summed E-state index contributed by atoms with van der Waals surface area (Å²) in [5.74, 6) is -1.94. The summed E-state index contributed by atoms with van der Waals surface area (Å²) < 4.78 is 26.0. The fourth-order valence-corrected chi connectivity index (χ4v) is 1.74. The number of pyridine rings is 1. The van der Waals surface area contributed by atoms with Gasteiger partial charge in [-0.15, -0.1) is 0 Å². The van der Waals surface area contributed by atoms with E-state index in [0.29, 0.717) is 24.3 Å². The number of nitrogens with one attached hydrogen (secondary N) is 1. The van der Waals surface area contributed by atoms with Crippen molar-refractivity contribution in [3.63, 3.8) is 0 Å². The SMILES string of the molecule is O=C(O)c1cccc(NCCc2cc(F)cc(F)c2)n1. The Morgan fingerprint density at radius 2 is 1.90 bits per heavy atom. The fraction of sp³-hybridized carbons (Fsp3) is 0.143. The first kappa shape index (κ1) is 13.9. The zero-order chi connectivity index (χ0) is 14.5. The van der Waals surface area contributed by atoms with E-state index in [0.717, 1.165) is 6.07 Å². The Balaban J connectivity index is 1.95. The number of hydrogen-bond acceptors (Lipinski definition) is 3. The molecule has 0 spiro atoms. The lowest BCUT2D eigenvalue weighted by atomic mass is 10.1. The third kappa shape index (κ3) is 3.74. The molecule has 2 rings (SSSR count). The molecule has 2 N–H and O–H groups in total. The van der Waals surface area contributed by atoms with Crippen LogP contribution in [0.2, 0.25) is 0 Å². The molecule has 0 aliphatic heterocycles. The summed E-state index contributed by atoms with van der Waals surface area (Å²) in [6.45, 7) is 0.388. The number of anilines is 1. The predicted octanol–water partition coefficient (Wildman–Crippen LogP) is 2.71. The summed E-state index contributed by atoms with van der Waals surface area (Å²) in [7, 11) is 0. The summed E-state index contributed by atoms with van der Waals surface area (Å²) >= 11 is 0. The van der Waals surface area contributed by atoms with E-state index in [9.17, 15) is 13.6 Å². The van der Waals surface area contributed by atoms with Crippen LogP contribution in [0.15, 0.2) is 36.4 Å². The molecule has 0 saturated heterocycles. The topological polar surface area (TPSA) is 62.2 Å². The van der Waals surface area contributed by atoms with E-state index in [-0.39, 0.29) is 5.69 Å². The summed E-state index contributed by atoms with van der Waals surface area (Å²) in [6.07, 6.45) is 0.396. The van der Waals surface area contributed by atoms with Crippen LogP contribution >= 0.6 is 0 Å². The molecule has 0 unspecified atom stereocenters. The molecule has 4 nitrogen and oxygen atoms in total. The summed E-state index contributed by atoms with van der Waals surface area (Å²) in [5.41, 5.74) is 0.455. The minimum Gasteiger partial charge on any atom is -0.477 e. The van der Waals surface area contributed by atoms with E-state index in [1.54, 1.807) is 12.1 Å². The zero-order valence-electron chi connectivity index (χ0n) is 10.4. The average Bonchev–Trinajstić information content (AvgIpc) is 2.38. The van der Waals surface area contributed by atoms with Gasteiger partial charge in [-0.25, -0.2) is 18.6 Å². The summed E-state index contributed by atoms with van der Waals surface area (Å²) in [6, 6.07) is 7.90. The Bertz CT molecular complexity index is 612. The number of nitrogens with zero attached hydrogens (tertiary/aromatic N) is 1. The van der Waals surface area contributed by atoms with Gasteiger partial charge in [0.1, 0.15) is 17.5 Å². The molecule has 0 saturated carbocycles. The maximum atomic E-state index is 13.0. The van der Waals surface area contributed by atoms with Crippen LogP contribution < -0.4 is 5.32 Å². The molecule has 0 amide bonds. The van der Waals surface area contributed by atoms with Gasteiger partial charge in [-0.2, -0.15) is 0 Å². The van der Waals surface area contributed by atoms with Crippen molar-refractivity contribution >= 4 is 11.8 Å². The average molecular weight is 278 g/mol. The molecule has 6 heteroatoms. The number of carboxylic acid groups (broad SMARTS) is 1. The maximum absolute atomic E-state index is 13.0. The second-order valence-electron chi connectivity index (χ2n) is 4.17. The molecule has 20 heavy (non-hydrogen) atoms. The normalized spacial score (nSPS) is 10.3. The van der Waals surface area contributed by atoms with Gasteiger partial charge in [-0.1, -0.05) is 6.07 Å². The second-order valence-corrected chi connectivity index (χ2v) is 4.17. The van der Waals surface area contributed by atoms with Gasteiger partial charge in [-0.05, 0) is 36.2 Å². The van der Waals surface area contributed by atoms with Crippen LogP contribution in [-0.2, 0) is 6.42 Å². The largest absolute Gasteiger partial charge is 0.477 e. The molecule has 0 atom stereocenters. The van der Waals surface area contributed by atoms with Gasteiger partial charge in [0.2, 0.25) is 0 Å². The Morgan fingerprint density at radius 3 is 2.55 bits per heavy atom. The van der Waals surface area contributed by atoms with Crippen LogP contribution in [0.1, 0.15) is 16.1 Å². The number of aromatic nitrogens is 1. The minimum atomic E-state index is -1.11. The van der Waals surface area contributed by atoms with Crippen molar-refractivity contribution in [2.75, 3.05) is 11.9 Å². The molecule has 0 bridgehead atoms. The van der Waals surface area contributed by atoms with Crippen LogP contribution in [0, 0.1) is 11.6 Å². The van der Waals surface area contributed by atoms with Gasteiger partial charge in [0, 0.05) is 12.6 Å². The smallest absolute Gasteiger partial charge is 0.354 e. The second kappa shape index (κ2) is 6.10. The number of halogens is 2.